The maximum Gasteiger partial charge on any atom is 0.167 e. The Morgan fingerprint density at radius 3 is 2.62 bits per heavy atom. The zero-order chi connectivity index (χ0) is 11.7. The Morgan fingerprint density at radius 2 is 2.06 bits per heavy atom. The maximum atomic E-state index is 12.3. The standard InChI is InChI=1S/C14H19NO/c1-9-4-5-12(8-10(9)2)14(16)13-6-7-15-11(13)3/h4-5,8,11,13,15H,6-7H2,1-3H3. The molecule has 1 aromatic carbocycles. The summed E-state index contributed by atoms with van der Waals surface area (Å²) in [5.74, 6) is 0.447. The number of ketones is 1. The first-order valence-corrected chi connectivity index (χ1v) is 5.94. The lowest BCUT2D eigenvalue weighted by Crippen LogP contribution is -2.28. The molecule has 0 bridgehead atoms. The summed E-state index contributed by atoms with van der Waals surface area (Å²) in [4.78, 5) is 12.3. The molecule has 0 spiro atoms. The molecular formula is C14H19NO. The molecule has 1 aliphatic rings. The van der Waals surface area contributed by atoms with Gasteiger partial charge in [-0.1, -0.05) is 12.1 Å². The Hall–Kier alpha value is -1.15. The van der Waals surface area contributed by atoms with Gasteiger partial charge in [-0.2, -0.15) is 0 Å². The highest BCUT2D eigenvalue weighted by atomic mass is 16.1. The second-order valence-electron chi connectivity index (χ2n) is 4.80. The second kappa shape index (κ2) is 4.38. The highest BCUT2D eigenvalue weighted by Crippen LogP contribution is 2.21. The summed E-state index contributed by atoms with van der Waals surface area (Å²) in [5, 5.41) is 3.33. The van der Waals surface area contributed by atoms with Gasteiger partial charge in [0.15, 0.2) is 5.78 Å². The smallest absolute Gasteiger partial charge is 0.167 e. The van der Waals surface area contributed by atoms with Crippen molar-refractivity contribution in [1.29, 1.82) is 0 Å². The monoisotopic (exact) mass is 217 g/mol. The molecule has 0 aromatic heterocycles. The first-order chi connectivity index (χ1) is 7.59. The summed E-state index contributed by atoms with van der Waals surface area (Å²) in [5.41, 5.74) is 3.31. The van der Waals surface area contributed by atoms with E-state index in [2.05, 4.69) is 26.1 Å². The van der Waals surface area contributed by atoms with E-state index < -0.39 is 0 Å². The van der Waals surface area contributed by atoms with Gasteiger partial charge in [0.25, 0.3) is 0 Å². The third kappa shape index (κ3) is 2.03. The highest BCUT2D eigenvalue weighted by molar-refractivity contribution is 5.98. The molecule has 2 nitrogen and oxygen atoms in total. The van der Waals surface area contributed by atoms with E-state index in [9.17, 15) is 4.79 Å². The predicted molar refractivity (Wildman–Crippen MR) is 65.8 cm³/mol. The molecule has 86 valence electrons. The van der Waals surface area contributed by atoms with Gasteiger partial charge in [-0.05, 0) is 50.9 Å². The van der Waals surface area contributed by atoms with Gasteiger partial charge in [0.05, 0.1) is 0 Å². The lowest BCUT2D eigenvalue weighted by molar-refractivity contribution is 0.0914. The summed E-state index contributed by atoms with van der Waals surface area (Å²) in [7, 11) is 0. The summed E-state index contributed by atoms with van der Waals surface area (Å²) < 4.78 is 0. The molecule has 2 atom stereocenters. The Morgan fingerprint density at radius 1 is 1.31 bits per heavy atom. The third-order valence-corrected chi connectivity index (χ3v) is 3.65. The third-order valence-electron chi connectivity index (χ3n) is 3.65. The zero-order valence-electron chi connectivity index (χ0n) is 10.2. The molecule has 2 rings (SSSR count). The van der Waals surface area contributed by atoms with E-state index in [1.165, 1.54) is 11.1 Å². The number of rotatable bonds is 2. The van der Waals surface area contributed by atoms with Gasteiger partial charge in [-0.3, -0.25) is 4.79 Å². The molecule has 1 aliphatic heterocycles. The zero-order valence-corrected chi connectivity index (χ0v) is 10.2. The minimum absolute atomic E-state index is 0.155. The van der Waals surface area contributed by atoms with Crippen LogP contribution >= 0.6 is 0 Å². The number of hydrogen-bond acceptors (Lipinski definition) is 2. The summed E-state index contributed by atoms with van der Waals surface area (Å²) in [6.07, 6.45) is 0.965. The molecule has 2 unspecified atom stereocenters. The van der Waals surface area contributed by atoms with Crippen LogP contribution in [0.2, 0.25) is 0 Å². The minimum atomic E-state index is 0.155. The van der Waals surface area contributed by atoms with Gasteiger partial charge in [-0.15, -0.1) is 0 Å². The second-order valence-corrected chi connectivity index (χ2v) is 4.80. The lowest BCUT2D eigenvalue weighted by atomic mass is 9.91. The summed E-state index contributed by atoms with van der Waals surface area (Å²) >= 11 is 0. The number of benzene rings is 1. The fourth-order valence-corrected chi connectivity index (χ4v) is 2.33. The van der Waals surface area contributed by atoms with Crippen LogP contribution in [0, 0.1) is 19.8 Å². The molecule has 2 heteroatoms. The molecule has 0 saturated carbocycles. The molecule has 1 saturated heterocycles. The van der Waals surface area contributed by atoms with E-state index in [0.717, 1.165) is 18.5 Å². The van der Waals surface area contributed by atoms with Crippen molar-refractivity contribution in [3.63, 3.8) is 0 Å². The fourth-order valence-electron chi connectivity index (χ4n) is 2.33. The van der Waals surface area contributed by atoms with Crippen LogP contribution in [0.15, 0.2) is 18.2 Å². The Kier molecular flexibility index (Phi) is 3.10. The van der Waals surface area contributed by atoms with E-state index >= 15 is 0 Å². The largest absolute Gasteiger partial charge is 0.313 e. The van der Waals surface area contributed by atoms with Crippen molar-refractivity contribution in [3.8, 4) is 0 Å². The van der Waals surface area contributed by atoms with Crippen molar-refractivity contribution in [1.82, 2.24) is 5.32 Å². The van der Waals surface area contributed by atoms with Crippen molar-refractivity contribution < 1.29 is 4.79 Å². The first kappa shape index (κ1) is 11.3. The molecule has 0 aliphatic carbocycles. The van der Waals surface area contributed by atoms with Crippen LogP contribution in [0.25, 0.3) is 0 Å². The lowest BCUT2D eigenvalue weighted by Gasteiger charge is -2.14. The van der Waals surface area contributed by atoms with Crippen LogP contribution in [0.3, 0.4) is 0 Å². The number of carbonyl (C=O) groups is 1. The van der Waals surface area contributed by atoms with Crippen LogP contribution in [0.1, 0.15) is 34.8 Å². The Bertz CT molecular complexity index is 411. The SMILES string of the molecule is Cc1ccc(C(=O)C2CCNC2C)cc1C. The molecule has 0 amide bonds. The topological polar surface area (TPSA) is 29.1 Å². The van der Waals surface area contributed by atoms with Crippen LogP contribution in [0.4, 0.5) is 0 Å². The van der Waals surface area contributed by atoms with E-state index in [-0.39, 0.29) is 5.92 Å². The van der Waals surface area contributed by atoms with Crippen LogP contribution < -0.4 is 5.32 Å². The van der Waals surface area contributed by atoms with Crippen molar-refractivity contribution in [3.05, 3.63) is 34.9 Å². The van der Waals surface area contributed by atoms with E-state index in [4.69, 9.17) is 0 Å². The Labute approximate surface area is 97.1 Å². The molecule has 1 aromatic rings. The number of aryl methyl sites for hydroxylation is 2. The van der Waals surface area contributed by atoms with Crippen molar-refractivity contribution >= 4 is 5.78 Å². The predicted octanol–water partition coefficient (Wildman–Crippen LogP) is 2.48. The number of nitrogens with one attached hydrogen (secondary N) is 1. The van der Waals surface area contributed by atoms with E-state index in [1.54, 1.807) is 0 Å². The number of Topliss-reactive ketones (excluding diaryl/α,β-unsaturated/α-hetero) is 1. The average Bonchev–Trinajstić information content (AvgIpc) is 2.67. The Balaban J connectivity index is 2.23. The summed E-state index contributed by atoms with van der Waals surface area (Å²) in [6, 6.07) is 6.32. The average molecular weight is 217 g/mol. The molecule has 16 heavy (non-hydrogen) atoms. The van der Waals surface area contributed by atoms with E-state index in [1.807, 2.05) is 18.2 Å². The minimum Gasteiger partial charge on any atom is -0.313 e. The number of hydrogen-bond donors (Lipinski definition) is 1. The normalized spacial score (nSPS) is 24.7. The molecular weight excluding hydrogens is 198 g/mol. The van der Waals surface area contributed by atoms with Crippen molar-refractivity contribution in [2.45, 2.75) is 33.2 Å². The van der Waals surface area contributed by atoms with Crippen LogP contribution in [-0.2, 0) is 0 Å². The molecule has 1 N–H and O–H groups in total. The maximum absolute atomic E-state index is 12.3. The fraction of sp³-hybridized carbons (Fsp3) is 0.500. The van der Waals surface area contributed by atoms with Gasteiger partial charge in [0.2, 0.25) is 0 Å². The number of carbonyl (C=O) groups excluding carboxylic acids is 1. The van der Waals surface area contributed by atoms with Gasteiger partial charge < -0.3 is 5.32 Å². The molecule has 1 heterocycles. The van der Waals surface area contributed by atoms with Crippen molar-refractivity contribution in [2.24, 2.45) is 5.92 Å². The highest BCUT2D eigenvalue weighted by Gasteiger charge is 2.29. The molecule has 0 radical (unpaired) electrons. The van der Waals surface area contributed by atoms with Crippen LogP contribution in [0.5, 0.6) is 0 Å². The van der Waals surface area contributed by atoms with Crippen LogP contribution in [-0.4, -0.2) is 18.4 Å². The van der Waals surface area contributed by atoms with Gasteiger partial charge in [-0.25, -0.2) is 0 Å². The van der Waals surface area contributed by atoms with Gasteiger partial charge in [0.1, 0.15) is 0 Å². The van der Waals surface area contributed by atoms with Crippen molar-refractivity contribution in [2.75, 3.05) is 6.54 Å². The van der Waals surface area contributed by atoms with Gasteiger partial charge in [0, 0.05) is 17.5 Å². The first-order valence-electron chi connectivity index (χ1n) is 5.94. The quantitative estimate of drug-likeness (QED) is 0.771. The summed E-state index contributed by atoms with van der Waals surface area (Å²) in [6.45, 7) is 7.19. The molecule has 1 fully saturated rings. The van der Waals surface area contributed by atoms with E-state index in [0.29, 0.717) is 11.8 Å². The van der Waals surface area contributed by atoms with Gasteiger partial charge >= 0.3 is 0 Å².